The van der Waals surface area contributed by atoms with Gasteiger partial charge >= 0.3 is 0 Å². The van der Waals surface area contributed by atoms with Crippen molar-refractivity contribution >= 4 is 22.6 Å². The minimum Gasteiger partial charge on any atom is -0.335 e. The number of hydrogen-bond acceptors (Lipinski definition) is 3. The molecule has 1 N–H and O–H groups in total. The van der Waals surface area contributed by atoms with Gasteiger partial charge in [-0.3, -0.25) is 4.99 Å². The Balaban J connectivity index is 2.15. The van der Waals surface area contributed by atoms with Crippen LogP contribution in [-0.2, 0) is 0 Å². The molecule has 1 aliphatic heterocycles. The van der Waals surface area contributed by atoms with E-state index in [-0.39, 0.29) is 5.54 Å². The molecule has 1 heterocycles. The molecular weight excluding hydrogens is 216 g/mol. The Bertz CT molecular complexity index is 433. The van der Waals surface area contributed by atoms with E-state index in [0.29, 0.717) is 0 Å². The molecule has 0 bridgehead atoms. The Hall–Kier alpha value is -1.22. The van der Waals surface area contributed by atoms with Crippen molar-refractivity contribution in [2.24, 2.45) is 4.99 Å². The molecule has 1 aromatic carbocycles. The average molecular weight is 232 g/mol. The van der Waals surface area contributed by atoms with Crippen LogP contribution >= 0.6 is 11.8 Å². The smallest absolute Gasteiger partial charge is 0.166 e. The average Bonchev–Trinajstić information content (AvgIpc) is 2.15. The van der Waals surface area contributed by atoms with Crippen molar-refractivity contribution in [2.45, 2.75) is 26.3 Å². The molecule has 0 fully saturated rings. The molecular formula is C13H16N2S. The summed E-state index contributed by atoms with van der Waals surface area (Å²) >= 11 is 1.68. The second kappa shape index (κ2) is 4.34. The molecule has 16 heavy (non-hydrogen) atoms. The van der Waals surface area contributed by atoms with Gasteiger partial charge in [-0.25, -0.2) is 0 Å². The molecule has 2 rings (SSSR count). The summed E-state index contributed by atoms with van der Waals surface area (Å²) in [6, 6.07) is 10.1. The van der Waals surface area contributed by atoms with Crippen molar-refractivity contribution in [2.75, 3.05) is 5.32 Å². The van der Waals surface area contributed by atoms with Gasteiger partial charge in [0.2, 0.25) is 0 Å². The van der Waals surface area contributed by atoms with Gasteiger partial charge in [0.05, 0.1) is 5.54 Å². The van der Waals surface area contributed by atoms with Crippen molar-refractivity contribution in [3.63, 3.8) is 0 Å². The fourth-order valence-electron chi connectivity index (χ4n) is 1.69. The first-order valence-electron chi connectivity index (χ1n) is 5.34. The molecule has 0 atom stereocenters. The third kappa shape index (κ3) is 2.89. The first kappa shape index (κ1) is 11.3. The normalized spacial score (nSPS) is 18.7. The number of amidine groups is 1. The van der Waals surface area contributed by atoms with E-state index in [1.54, 1.807) is 11.8 Å². The summed E-state index contributed by atoms with van der Waals surface area (Å²) in [5.41, 5.74) is 0.978. The van der Waals surface area contributed by atoms with Gasteiger partial charge in [-0.1, -0.05) is 30.0 Å². The SMILES string of the molecule is CC1=CC(C)(C)N=C(Nc2ccccc2)S1. The van der Waals surface area contributed by atoms with Crippen LogP contribution in [0.5, 0.6) is 0 Å². The van der Waals surface area contributed by atoms with Gasteiger partial charge < -0.3 is 5.32 Å². The van der Waals surface area contributed by atoms with E-state index in [0.717, 1.165) is 10.9 Å². The van der Waals surface area contributed by atoms with E-state index in [2.05, 4.69) is 37.2 Å². The molecule has 0 spiro atoms. The van der Waals surface area contributed by atoms with E-state index in [9.17, 15) is 0 Å². The molecule has 2 nitrogen and oxygen atoms in total. The van der Waals surface area contributed by atoms with Crippen LogP contribution in [0.1, 0.15) is 20.8 Å². The second-order valence-corrected chi connectivity index (χ2v) is 5.65. The molecule has 0 amide bonds. The molecule has 1 aromatic rings. The Morgan fingerprint density at radius 2 is 1.88 bits per heavy atom. The molecule has 0 unspecified atom stereocenters. The van der Waals surface area contributed by atoms with E-state index < -0.39 is 0 Å². The van der Waals surface area contributed by atoms with Gasteiger partial charge in [-0.05, 0) is 43.9 Å². The van der Waals surface area contributed by atoms with Crippen molar-refractivity contribution in [3.8, 4) is 0 Å². The van der Waals surface area contributed by atoms with Gasteiger partial charge in [-0.15, -0.1) is 0 Å². The zero-order chi connectivity index (χ0) is 11.6. The lowest BCUT2D eigenvalue weighted by atomic mass is 10.1. The summed E-state index contributed by atoms with van der Waals surface area (Å²) < 4.78 is 0. The first-order valence-corrected chi connectivity index (χ1v) is 6.16. The number of thioether (sulfide) groups is 1. The number of nitrogens with one attached hydrogen (secondary N) is 1. The number of hydrogen-bond donors (Lipinski definition) is 1. The number of anilines is 1. The number of benzene rings is 1. The highest BCUT2D eigenvalue weighted by molar-refractivity contribution is 8.17. The van der Waals surface area contributed by atoms with Gasteiger partial charge in [0, 0.05) is 5.69 Å². The van der Waals surface area contributed by atoms with Crippen LogP contribution in [0.3, 0.4) is 0 Å². The molecule has 0 saturated carbocycles. The third-order valence-corrected chi connectivity index (χ3v) is 3.06. The molecule has 0 aliphatic carbocycles. The maximum atomic E-state index is 4.65. The van der Waals surface area contributed by atoms with Crippen LogP contribution in [0, 0.1) is 0 Å². The highest BCUT2D eigenvalue weighted by Crippen LogP contribution is 2.29. The molecule has 3 heteroatoms. The Morgan fingerprint density at radius 1 is 1.19 bits per heavy atom. The summed E-state index contributed by atoms with van der Waals surface area (Å²) in [5.74, 6) is 0. The van der Waals surface area contributed by atoms with Crippen LogP contribution < -0.4 is 5.32 Å². The van der Waals surface area contributed by atoms with Crippen molar-refractivity contribution < 1.29 is 0 Å². The largest absolute Gasteiger partial charge is 0.335 e. The van der Waals surface area contributed by atoms with Crippen LogP contribution in [0.2, 0.25) is 0 Å². The maximum absolute atomic E-state index is 4.65. The summed E-state index contributed by atoms with van der Waals surface area (Å²) in [5, 5.41) is 4.31. The predicted molar refractivity (Wildman–Crippen MR) is 72.9 cm³/mol. The summed E-state index contributed by atoms with van der Waals surface area (Å²) in [4.78, 5) is 5.94. The molecule has 1 aliphatic rings. The van der Waals surface area contributed by atoms with Crippen molar-refractivity contribution in [1.82, 2.24) is 0 Å². The predicted octanol–water partition coefficient (Wildman–Crippen LogP) is 3.88. The second-order valence-electron chi connectivity index (χ2n) is 4.42. The molecule has 84 valence electrons. The highest BCUT2D eigenvalue weighted by Gasteiger charge is 2.20. The fraction of sp³-hybridized carbons (Fsp3) is 0.308. The summed E-state index contributed by atoms with van der Waals surface area (Å²) in [6.07, 6.45) is 2.19. The minimum absolute atomic E-state index is 0.105. The zero-order valence-electron chi connectivity index (χ0n) is 9.82. The number of allylic oxidation sites excluding steroid dienone is 1. The Morgan fingerprint density at radius 3 is 2.50 bits per heavy atom. The van der Waals surface area contributed by atoms with Crippen LogP contribution in [-0.4, -0.2) is 10.7 Å². The lowest BCUT2D eigenvalue weighted by Gasteiger charge is -2.24. The monoisotopic (exact) mass is 232 g/mol. The number of rotatable bonds is 1. The topological polar surface area (TPSA) is 24.4 Å². The number of para-hydroxylation sites is 1. The zero-order valence-corrected chi connectivity index (χ0v) is 10.6. The number of nitrogens with zero attached hydrogens (tertiary/aromatic N) is 1. The molecule has 0 saturated heterocycles. The van der Waals surface area contributed by atoms with Gasteiger partial charge in [0.15, 0.2) is 5.17 Å². The van der Waals surface area contributed by atoms with E-state index in [4.69, 9.17) is 0 Å². The Labute approximate surface area is 101 Å². The summed E-state index contributed by atoms with van der Waals surface area (Å²) in [7, 11) is 0. The standard InChI is InChI=1S/C13H16N2S/c1-10-9-13(2,3)15-12(16-10)14-11-7-5-4-6-8-11/h4-9H,1-3H3,(H,14,15). The van der Waals surface area contributed by atoms with Gasteiger partial charge in [0.1, 0.15) is 0 Å². The lowest BCUT2D eigenvalue weighted by Crippen LogP contribution is -2.22. The van der Waals surface area contributed by atoms with Crippen LogP contribution in [0.25, 0.3) is 0 Å². The van der Waals surface area contributed by atoms with E-state index in [1.165, 1.54) is 4.91 Å². The third-order valence-electron chi connectivity index (χ3n) is 2.23. The van der Waals surface area contributed by atoms with Crippen molar-refractivity contribution in [3.05, 3.63) is 41.3 Å². The van der Waals surface area contributed by atoms with Crippen LogP contribution in [0.4, 0.5) is 5.69 Å². The van der Waals surface area contributed by atoms with Gasteiger partial charge in [-0.2, -0.15) is 0 Å². The summed E-state index contributed by atoms with van der Waals surface area (Å²) in [6.45, 7) is 6.35. The van der Waals surface area contributed by atoms with Gasteiger partial charge in [0.25, 0.3) is 0 Å². The van der Waals surface area contributed by atoms with Crippen LogP contribution in [0.15, 0.2) is 46.3 Å². The van der Waals surface area contributed by atoms with E-state index >= 15 is 0 Å². The molecule has 0 aromatic heterocycles. The quantitative estimate of drug-likeness (QED) is 0.794. The molecule has 0 radical (unpaired) electrons. The fourth-order valence-corrected chi connectivity index (χ4v) is 2.80. The van der Waals surface area contributed by atoms with E-state index in [1.807, 2.05) is 30.3 Å². The Kier molecular flexibility index (Phi) is 3.06. The number of aliphatic imine (C=N–C) groups is 1. The minimum atomic E-state index is -0.105. The highest BCUT2D eigenvalue weighted by atomic mass is 32.2. The van der Waals surface area contributed by atoms with Crippen molar-refractivity contribution in [1.29, 1.82) is 0 Å². The first-order chi connectivity index (χ1) is 7.55. The maximum Gasteiger partial charge on any atom is 0.166 e. The lowest BCUT2D eigenvalue weighted by molar-refractivity contribution is 0.656.